The molecule has 1 saturated heterocycles. The number of nitrogens with two attached hydrogens (primary N) is 1. The van der Waals surface area contributed by atoms with E-state index in [2.05, 4.69) is 19.8 Å². The van der Waals surface area contributed by atoms with Gasteiger partial charge < -0.3 is 10.6 Å². The molecule has 1 fully saturated rings. The second-order valence-electron chi connectivity index (χ2n) is 5.33. The van der Waals surface area contributed by atoms with Gasteiger partial charge in [0.15, 0.2) is 0 Å². The molecule has 0 unspecified atom stereocenters. The molecule has 118 valence electrons. The van der Waals surface area contributed by atoms with Gasteiger partial charge in [-0.05, 0) is 14.1 Å². The third-order valence-electron chi connectivity index (χ3n) is 3.48. The zero-order chi connectivity index (χ0) is 15.5. The van der Waals surface area contributed by atoms with E-state index in [9.17, 15) is 8.42 Å². The molecule has 0 saturated carbocycles. The number of hydrogen-bond donors (Lipinski definition) is 1. The summed E-state index contributed by atoms with van der Waals surface area (Å²) in [5.41, 5.74) is 5.38. The van der Waals surface area contributed by atoms with Crippen molar-refractivity contribution in [2.75, 3.05) is 59.1 Å². The fourth-order valence-electron chi connectivity index (χ4n) is 2.14. The number of hydrogen-bond acceptors (Lipinski definition) is 7. The van der Waals surface area contributed by atoms with E-state index in [1.807, 2.05) is 14.1 Å². The van der Waals surface area contributed by atoms with Crippen LogP contribution in [0.15, 0.2) is 17.3 Å². The number of piperazine rings is 1. The van der Waals surface area contributed by atoms with Crippen LogP contribution in [-0.4, -0.2) is 85.9 Å². The highest BCUT2D eigenvalue weighted by Gasteiger charge is 2.28. The maximum atomic E-state index is 12.4. The maximum Gasteiger partial charge on any atom is 0.246 e. The summed E-state index contributed by atoms with van der Waals surface area (Å²) in [6, 6.07) is 0. The van der Waals surface area contributed by atoms with Gasteiger partial charge in [0, 0.05) is 39.3 Å². The van der Waals surface area contributed by atoms with Crippen LogP contribution in [0.3, 0.4) is 0 Å². The standard InChI is InChI=1S/C12H22N6O2S/c1-16(2)3-4-17-5-7-18(8-6-17)21(19,20)11-9-14-12(13)15-10-11/h9-10H,3-8H2,1-2H3,(H2,13,14,15). The topological polar surface area (TPSA) is 95.7 Å². The molecule has 9 heteroatoms. The molecule has 0 bridgehead atoms. The summed E-state index contributed by atoms with van der Waals surface area (Å²) in [5.74, 6) is 0.0717. The van der Waals surface area contributed by atoms with Gasteiger partial charge in [0.1, 0.15) is 4.90 Å². The first kappa shape index (κ1) is 16.1. The summed E-state index contributed by atoms with van der Waals surface area (Å²) in [7, 11) is 0.541. The summed E-state index contributed by atoms with van der Waals surface area (Å²) in [5, 5.41) is 0. The largest absolute Gasteiger partial charge is 0.368 e. The van der Waals surface area contributed by atoms with Gasteiger partial charge in [0.2, 0.25) is 16.0 Å². The van der Waals surface area contributed by atoms with Crippen molar-refractivity contribution in [2.24, 2.45) is 0 Å². The van der Waals surface area contributed by atoms with E-state index < -0.39 is 10.0 Å². The predicted molar refractivity (Wildman–Crippen MR) is 80.2 cm³/mol. The molecule has 2 N–H and O–H groups in total. The zero-order valence-corrected chi connectivity index (χ0v) is 13.3. The molecule has 1 aromatic rings. The highest BCUT2D eigenvalue weighted by Crippen LogP contribution is 2.16. The lowest BCUT2D eigenvalue weighted by Gasteiger charge is -2.34. The highest BCUT2D eigenvalue weighted by molar-refractivity contribution is 7.89. The van der Waals surface area contributed by atoms with E-state index >= 15 is 0 Å². The van der Waals surface area contributed by atoms with Gasteiger partial charge in [-0.15, -0.1) is 0 Å². The second kappa shape index (κ2) is 6.65. The van der Waals surface area contributed by atoms with Gasteiger partial charge in [-0.25, -0.2) is 18.4 Å². The van der Waals surface area contributed by atoms with E-state index in [-0.39, 0.29) is 10.8 Å². The van der Waals surface area contributed by atoms with Gasteiger partial charge in [-0.1, -0.05) is 0 Å². The minimum atomic E-state index is -3.52. The van der Waals surface area contributed by atoms with Crippen LogP contribution in [0.4, 0.5) is 5.95 Å². The molecule has 0 aromatic carbocycles. The number of sulfonamides is 1. The van der Waals surface area contributed by atoms with Crippen molar-refractivity contribution in [1.82, 2.24) is 24.1 Å². The van der Waals surface area contributed by atoms with Gasteiger partial charge in [0.25, 0.3) is 0 Å². The Morgan fingerprint density at radius 2 is 1.76 bits per heavy atom. The first-order valence-electron chi connectivity index (χ1n) is 6.84. The second-order valence-corrected chi connectivity index (χ2v) is 7.26. The van der Waals surface area contributed by atoms with Gasteiger partial charge in [-0.2, -0.15) is 4.31 Å². The van der Waals surface area contributed by atoms with Crippen LogP contribution in [-0.2, 0) is 10.0 Å². The third kappa shape index (κ3) is 4.10. The molecule has 0 aliphatic carbocycles. The number of nitrogen functional groups attached to an aromatic ring is 1. The molecular weight excluding hydrogens is 292 g/mol. The number of rotatable bonds is 5. The van der Waals surface area contributed by atoms with E-state index in [0.29, 0.717) is 13.1 Å². The molecule has 1 aliphatic rings. The van der Waals surface area contributed by atoms with Gasteiger partial charge in [0.05, 0.1) is 12.4 Å². The summed E-state index contributed by atoms with van der Waals surface area (Å²) in [4.78, 5) is 12.0. The molecule has 2 rings (SSSR count). The Morgan fingerprint density at radius 3 is 2.29 bits per heavy atom. The van der Waals surface area contributed by atoms with Crippen molar-refractivity contribution in [3.05, 3.63) is 12.4 Å². The SMILES string of the molecule is CN(C)CCN1CCN(S(=O)(=O)c2cnc(N)nc2)CC1. The van der Waals surface area contributed by atoms with Crippen molar-refractivity contribution in [2.45, 2.75) is 4.90 Å². The quantitative estimate of drug-likeness (QED) is 0.739. The molecule has 0 spiro atoms. The fraction of sp³-hybridized carbons (Fsp3) is 0.667. The fourth-order valence-corrected chi connectivity index (χ4v) is 3.46. The minimum Gasteiger partial charge on any atom is -0.368 e. The molecule has 2 heterocycles. The maximum absolute atomic E-state index is 12.4. The van der Waals surface area contributed by atoms with Crippen LogP contribution in [0.1, 0.15) is 0 Å². The van der Waals surface area contributed by atoms with Crippen molar-refractivity contribution in [3.63, 3.8) is 0 Å². The van der Waals surface area contributed by atoms with Crippen molar-refractivity contribution in [3.8, 4) is 0 Å². The number of aromatic nitrogens is 2. The Balaban J connectivity index is 1.96. The minimum absolute atomic E-state index is 0.0717. The summed E-state index contributed by atoms with van der Waals surface area (Å²) >= 11 is 0. The van der Waals surface area contributed by atoms with E-state index in [1.165, 1.54) is 16.7 Å². The first-order valence-corrected chi connectivity index (χ1v) is 8.28. The van der Waals surface area contributed by atoms with Crippen molar-refractivity contribution in [1.29, 1.82) is 0 Å². The Bertz CT molecular complexity index is 552. The Kier molecular flexibility index (Phi) is 5.09. The molecular formula is C12H22N6O2S. The highest BCUT2D eigenvalue weighted by atomic mass is 32.2. The van der Waals surface area contributed by atoms with E-state index in [0.717, 1.165) is 26.2 Å². The van der Waals surface area contributed by atoms with Crippen LogP contribution in [0.25, 0.3) is 0 Å². The van der Waals surface area contributed by atoms with Crippen LogP contribution < -0.4 is 5.73 Å². The van der Waals surface area contributed by atoms with Crippen LogP contribution in [0, 0.1) is 0 Å². The van der Waals surface area contributed by atoms with Crippen molar-refractivity contribution < 1.29 is 8.42 Å². The lowest BCUT2D eigenvalue weighted by Crippen LogP contribution is -2.49. The first-order chi connectivity index (χ1) is 9.89. The Labute approximate surface area is 125 Å². The lowest BCUT2D eigenvalue weighted by molar-refractivity contribution is 0.174. The van der Waals surface area contributed by atoms with Crippen molar-refractivity contribution >= 4 is 16.0 Å². The van der Waals surface area contributed by atoms with E-state index in [4.69, 9.17) is 5.73 Å². The van der Waals surface area contributed by atoms with E-state index in [1.54, 1.807) is 0 Å². The Hall–Kier alpha value is -1.29. The van der Waals surface area contributed by atoms with Crippen LogP contribution >= 0.6 is 0 Å². The zero-order valence-electron chi connectivity index (χ0n) is 12.4. The molecule has 1 aliphatic heterocycles. The summed E-state index contributed by atoms with van der Waals surface area (Å²) < 4.78 is 26.4. The molecule has 0 amide bonds. The van der Waals surface area contributed by atoms with Gasteiger partial charge >= 0.3 is 0 Å². The number of anilines is 1. The lowest BCUT2D eigenvalue weighted by atomic mass is 10.3. The normalized spacial score (nSPS) is 18.2. The predicted octanol–water partition coefficient (Wildman–Crippen LogP) is -1.07. The average molecular weight is 314 g/mol. The molecule has 0 radical (unpaired) electrons. The van der Waals surface area contributed by atoms with Crippen LogP contribution in [0.2, 0.25) is 0 Å². The number of likely N-dealkylation sites (N-methyl/N-ethyl adjacent to an activating group) is 1. The summed E-state index contributed by atoms with van der Waals surface area (Å²) in [6.07, 6.45) is 2.52. The Morgan fingerprint density at radius 1 is 1.19 bits per heavy atom. The molecule has 21 heavy (non-hydrogen) atoms. The smallest absolute Gasteiger partial charge is 0.246 e. The molecule has 1 aromatic heterocycles. The third-order valence-corrected chi connectivity index (χ3v) is 5.33. The van der Waals surface area contributed by atoms with Gasteiger partial charge in [-0.3, -0.25) is 4.90 Å². The monoisotopic (exact) mass is 314 g/mol. The molecule has 8 nitrogen and oxygen atoms in total. The molecule has 0 atom stereocenters. The number of nitrogens with zero attached hydrogens (tertiary/aromatic N) is 5. The van der Waals surface area contributed by atoms with Crippen LogP contribution in [0.5, 0.6) is 0 Å². The average Bonchev–Trinajstić information content (AvgIpc) is 2.46. The summed E-state index contributed by atoms with van der Waals surface area (Å²) in [6.45, 7) is 4.37.